The third-order valence-corrected chi connectivity index (χ3v) is 2.90. The number of carbonyl (C=O) groups is 1. The highest BCUT2D eigenvalue weighted by Gasteiger charge is 2.19. The maximum absolute atomic E-state index is 12.2. The van der Waals surface area contributed by atoms with Gasteiger partial charge in [-0.05, 0) is 18.2 Å². The van der Waals surface area contributed by atoms with Crippen LogP contribution in [-0.4, -0.2) is 12.6 Å². The number of hydrogen-bond donors (Lipinski definition) is 0. The van der Waals surface area contributed by atoms with Crippen molar-refractivity contribution < 1.29 is 13.9 Å². The van der Waals surface area contributed by atoms with Gasteiger partial charge in [0.05, 0.1) is 17.6 Å². The second-order valence-corrected chi connectivity index (χ2v) is 4.07. The number of carbonyl (C=O) groups excluding carboxylic acids is 1. The summed E-state index contributed by atoms with van der Waals surface area (Å²) in [7, 11) is 0. The minimum atomic E-state index is -0.359. The normalized spacial score (nSPS) is 17.3. The molecule has 4 heteroatoms. The molecule has 0 radical (unpaired) electrons. The molecule has 1 aromatic heterocycles. The molecule has 0 N–H and O–H groups in total. The smallest absolute Gasteiger partial charge is 0.334 e. The van der Waals surface area contributed by atoms with Gasteiger partial charge in [0.1, 0.15) is 11.8 Å². The van der Waals surface area contributed by atoms with Gasteiger partial charge in [0.25, 0.3) is 0 Å². The maximum atomic E-state index is 12.2. The minimum absolute atomic E-state index is 0.135. The van der Waals surface area contributed by atoms with Crippen molar-refractivity contribution in [2.75, 3.05) is 6.61 Å². The Bertz CT molecular complexity index is 709. The van der Waals surface area contributed by atoms with E-state index in [2.05, 4.69) is 0 Å². The molecule has 3 rings (SSSR count). The van der Waals surface area contributed by atoms with Gasteiger partial charge in [-0.25, -0.2) is 4.79 Å². The first-order chi connectivity index (χ1) is 8.75. The molecule has 0 bridgehead atoms. The molecule has 0 unspecified atom stereocenters. The highest BCUT2D eigenvalue weighted by Crippen LogP contribution is 2.17. The molecule has 0 amide bonds. The van der Waals surface area contributed by atoms with Crippen LogP contribution in [0.5, 0.6) is 0 Å². The lowest BCUT2D eigenvalue weighted by Gasteiger charge is -1.98. The fraction of sp³-hybridized carbons (Fsp3) is 0.143. The van der Waals surface area contributed by atoms with E-state index in [9.17, 15) is 9.59 Å². The summed E-state index contributed by atoms with van der Waals surface area (Å²) < 4.78 is 10.2. The lowest BCUT2D eigenvalue weighted by Crippen LogP contribution is -2.06. The monoisotopic (exact) mass is 242 g/mol. The molecule has 2 heterocycles. The van der Waals surface area contributed by atoms with Crippen LogP contribution in [0.4, 0.5) is 0 Å². The Labute approximate surface area is 102 Å². The van der Waals surface area contributed by atoms with Crippen molar-refractivity contribution in [3.8, 4) is 0 Å². The van der Waals surface area contributed by atoms with E-state index < -0.39 is 0 Å². The topological polar surface area (TPSA) is 56.5 Å². The molecule has 90 valence electrons. The van der Waals surface area contributed by atoms with E-state index >= 15 is 0 Å². The van der Waals surface area contributed by atoms with Crippen LogP contribution < -0.4 is 5.43 Å². The van der Waals surface area contributed by atoms with Crippen LogP contribution in [0, 0.1) is 0 Å². The van der Waals surface area contributed by atoms with Crippen LogP contribution in [0.1, 0.15) is 12.0 Å². The Morgan fingerprint density at radius 1 is 1.17 bits per heavy atom. The Kier molecular flexibility index (Phi) is 2.48. The number of fused-ring (bicyclic) bond motifs is 1. The molecule has 1 aliphatic heterocycles. The number of benzene rings is 1. The Morgan fingerprint density at radius 2 is 2.00 bits per heavy atom. The minimum Gasteiger partial charge on any atom is -0.463 e. The van der Waals surface area contributed by atoms with Crippen molar-refractivity contribution in [3.63, 3.8) is 0 Å². The highest BCUT2D eigenvalue weighted by molar-refractivity contribution is 5.95. The van der Waals surface area contributed by atoms with Gasteiger partial charge < -0.3 is 9.15 Å². The Balaban J connectivity index is 2.16. The van der Waals surface area contributed by atoms with Gasteiger partial charge in [-0.3, -0.25) is 4.79 Å². The first-order valence-electron chi connectivity index (χ1n) is 5.64. The SMILES string of the molecule is O=C1OCC/C1=C\c1coc2ccccc2c1=O. The van der Waals surface area contributed by atoms with E-state index in [0.717, 1.165) is 0 Å². The van der Waals surface area contributed by atoms with Crippen LogP contribution in [0.25, 0.3) is 17.0 Å². The van der Waals surface area contributed by atoms with Crippen LogP contribution in [0.2, 0.25) is 0 Å². The van der Waals surface area contributed by atoms with E-state index in [1.165, 1.54) is 6.26 Å². The number of hydrogen-bond acceptors (Lipinski definition) is 4. The van der Waals surface area contributed by atoms with Gasteiger partial charge in [0, 0.05) is 12.0 Å². The summed E-state index contributed by atoms with van der Waals surface area (Å²) in [6.45, 7) is 0.379. The van der Waals surface area contributed by atoms with E-state index in [1.807, 2.05) is 0 Å². The van der Waals surface area contributed by atoms with Crippen LogP contribution in [0.15, 0.2) is 45.3 Å². The zero-order valence-corrected chi connectivity index (χ0v) is 9.51. The zero-order valence-electron chi connectivity index (χ0n) is 9.51. The van der Waals surface area contributed by atoms with Crippen molar-refractivity contribution >= 4 is 23.0 Å². The highest BCUT2D eigenvalue weighted by atomic mass is 16.5. The molecule has 2 aromatic rings. The molecular weight excluding hydrogens is 232 g/mol. The first-order valence-corrected chi connectivity index (χ1v) is 5.64. The molecule has 1 saturated heterocycles. The fourth-order valence-corrected chi connectivity index (χ4v) is 1.96. The summed E-state index contributed by atoms with van der Waals surface area (Å²) in [6, 6.07) is 7.02. The van der Waals surface area contributed by atoms with Crippen LogP contribution >= 0.6 is 0 Å². The number of para-hydroxylation sites is 1. The summed E-state index contributed by atoms with van der Waals surface area (Å²) in [5, 5.41) is 0.512. The number of cyclic esters (lactones) is 1. The molecule has 0 spiro atoms. The summed E-state index contributed by atoms with van der Waals surface area (Å²) >= 11 is 0. The number of rotatable bonds is 1. The quantitative estimate of drug-likeness (QED) is 0.567. The van der Waals surface area contributed by atoms with Gasteiger partial charge in [0.15, 0.2) is 5.43 Å². The largest absolute Gasteiger partial charge is 0.463 e. The lowest BCUT2D eigenvalue weighted by atomic mass is 10.1. The number of ether oxygens (including phenoxy) is 1. The molecule has 18 heavy (non-hydrogen) atoms. The summed E-state index contributed by atoms with van der Waals surface area (Å²) in [6.07, 6.45) is 3.46. The van der Waals surface area contributed by atoms with Gasteiger partial charge >= 0.3 is 5.97 Å². The van der Waals surface area contributed by atoms with Gasteiger partial charge in [0.2, 0.25) is 0 Å². The summed E-state index contributed by atoms with van der Waals surface area (Å²) in [5.74, 6) is -0.359. The first kappa shape index (κ1) is 10.8. The number of esters is 1. The lowest BCUT2D eigenvalue weighted by molar-refractivity contribution is -0.134. The molecule has 4 nitrogen and oxygen atoms in total. The van der Waals surface area contributed by atoms with E-state index in [1.54, 1.807) is 30.3 Å². The molecule has 0 aliphatic carbocycles. The predicted molar refractivity (Wildman–Crippen MR) is 66.0 cm³/mol. The average molecular weight is 242 g/mol. The molecular formula is C14H10O4. The van der Waals surface area contributed by atoms with Gasteiger partial charge in [-0.2, -0.15) is 0 Å². The second-order valence-electron chi connectivity index (χ2n) is 4.07. The van der Waals surface area contributed by atoms with Crippen molar-refractivity contribution in [1.29, 1.82) is 0 Å². The summed E-state index contributed by atoms with van der Waals surface area (Å²) in [5.41, 5.74) is 1.29. The third-order valence-electron chi connectivity index (χ3n) is 2.90. The zero-order chi connectivity index (χ0) is 12.5. The molecule has 0 atom stereocenters. The Morgan fingerprint density at radius 3 is 2.78 bits per heavy atom. The van der Waals surface area contributed by atoms with Crippen molar-refractivity contribution in [2.24, 2.45) is 0 Å². The predicted octanol–water partition coefficient (Wildman–Crippen LogP) is 2.12. The summed E-state index contributed by atoms with van der Waals surface area (Å²) in [4.78, 5) is 23.5. The van der Waals surface area contributed by atoms with Crippen molar-refractivity contribution in [2.45, 2.75) is 6.42 Å². The Hall–Kier alpha value is -2.36. The maximum Gasteiger partial charge on any atom is 0.334 e. The van der Waals surface area contributed by atoms with E-state index in [-0.39, 0.29) is 11.4 Å². The van der Waals surface area contributed by atoms with Crippen molar-refractivity contribution in [3.05, 3.63) is 51.9 Å². The van der Waals surface area contributed by atoms with Gasteiger partial charge in [-0.1, -0.05) is 12.1 Å². The van der Waals surface area contributed by atoms with Crippen LogP contribution in [-0.2, 0) is 9.53 Å². The van der Waals surface area contributed by atoms with Gasteiger partial charge in [-0.15, -0.1) is 0 Å². The van der Waals surface area contributed by atoms with Crippen LogP contribution in [0.3, 0.4) is 0 Å². The van der Waals surface area contributed by atoms with E-state index in [4.69, 9.17) is 9.15 Å². The van der Waals surface area contributed by atoms with Crippen molar-refractivity contribution in [1.82, 2.24) is 0 Å². The second kappa shape index (κ2) is 4.14. The molecule has 1 fully saturated rings. The average Bonchev–Trinajstić information content (AvgIpc) is 2.79. The molecule has 0 saturated carbocycles. The molecule has 1 aromatic carbocycles. The molecule has 1 aliphatic rings. The third kappa shape index (κ3) is 1.72. The van der Waals surface area contributed by atoms with E-state index in [0.29, 0.717) is 35.1 Å². The fourth-order valence-electron chi connectivity index (χ4n) is 1.96. The standard InChI is InChI=1S/C14H10O4/c15-13-10(7-9-5-6-17-14(9)16)8-18-12-4-2-1-3-11(12)13/h1-4,7-8H,5-6H2/b9-7+.